The molecule has 0 radical (unpaired) electrons. The average Bonchev–Trinajstić information content (AvgIpc) is 2.87. The van der Waals surface area contributed by atoms with Crippen LogP contribution < -0.4 is 11.3 Å². The maximum absolute atomic E-state index is 11.1. The van der Waals surface area contributed by atoms with E-state index in [-0.39, 0.29) is 5.69 Å². The molecule has 0 spiro atoms. The largest absolute Gasteiger partial charge is 0.359 e. The number of carbonyl (C=O) groups excluding carboxylic acids is 1. The highest BCUT2D eigenvalue weighted by Crippen LogP contribution is 2.09. The topological polar surface area (TPSA) is 99.0 Å². The summed E-state index contributed by atoms with van der Waals surface area (Å²) in [7, 11) is 0. The number of nitrogens with one attached hydrogen (secondary N) is 1. The van der Waals surface area contributed by atoms with E-state index in [2.05, 4.69) is 26.2 Å². The molecular formula is C8H8BrN5O2. The van der Waals surface area contributed by atoms with Gasteiger partial charge < -0.3 is 4.52 Å². The standard InChI is InChI=1S/C8H8BrN5O2/c9-5-2-11-14(3-5)4-6-1-7(13-16-6)8(15)12-10/h1-3H,4,10H2,(H,12,15). The Bertz CT molecular complexity index is 506. The predicted molar refractivity (Wildman–Crippen MR) is 57.2 cm³/mol. The number of nitrogens with zero attached hydrogens (tertiary/aromatic N) is 3. The van der Waals surface area contributed by atoms with Gasteiger partial charge in [0.1, 0.15) is 6.54 Å². The number of rotatable bonds is 3. The minimum atomic E-state index is -0.489. The van der Waals surface area contributed by atoms with E-state index in [1.807, 2.05) is 5.43 Å². The molecule has 0 bridgehead atoms. The quantitative estimate of drug-likeness (QED) is 0.480. The van der Waals surface area contributed by atoms with Crippen molar-refractivity contribution in [3.05, 3.63) is 34.4 Å². The summed E-state index contributed by atoms with van der Waals surface area (Å²) in [6, 6.07) is 1.51. The number of nitrogens with two attached hydrogens (primary N) is 1. The van der Waals surface area contributed by atoms with E-state index in [0.29, 0.717) is 12.3 Å². The second-order valence-corrected chi connectivity index (χ2v) is 3.92. The van der Waals surface area contributed by atoms with Crippen molar-refractivity contribution in [2.45, 2.75) is 6.54 Å². The number of hydrogen-bond donors (Lipinski definition) is 2. The molecule has 3 N–H and O–H groups in total. The fraction of sp³-hybridized carbons (Fsp3) is 0.125. The molecular weight excluding hydrogens is 278 g/mol. The van der Waals surface area contributed by atoms with E-state index in [0.717, 1.165) is 4.47 Å². The molecule has 0 aromatic carbocycles. The lowest BCUT2D eigenvalue weighted by Gasteiger charge is -1.94. The van der Waals surface area contributed by atoms with Crippen molar-refractivity contribution in [3.8, 4) is 0 Å². The van der Waals surface area contributed by atoms with Crippen LogP contribution in [-0.4, -0.2) is 20.8 Å². The number of halogens is 1. The van der Waals surface area contributed by atoms with Gasteiger partial charge in [-0.15, -0.1) is 0 Å². The van der Waals surface area contributed by atoms with Crippen molar-refractivity contribution in [2.24, 2.45) is 5.84 Å². The first-order valence-electron chi connectivity index (χ1n) is 4.33. The van der Waals surface area contributed by atoms with Gasteiger partial charge in [-0.1, -0.05) is 5.16 Å². The Morgan fingerprint density at radius 3 is 3.12 bits per heavy atom. The molecule has 2 rings (SSSR count). The molecule has 84 valence electrons. The Labute approximate surface area is 98.7 Å². The van der Waals surface area contributed by atoms with Crippen molar-refractivity contribution in [1.82, 2.24) is 20.4 Å². The number of carbonyl (C=O) groups is 1. The lowest BCUT2D eigenvalue weighted by molar-refractivity contribution is 0.0944. The number of hydrazine groups is 1. The molecule has 0 aliphatic carbocycles. The Balaban J connectivity index is 2.11. The van der Waals surface area contributed by atoms with Gasteiger partial charge in [0.25, 0.3) is 5.91 Å². The molecule has 2 aromatic heterocycles. The lowest BCUT2D eigenvalue weighted by atomic mass is 10.3. The van der Waals surface area contributed by atoms with Gasteiger partial charge in [0.15, 0.2) is 11.5 Å². The molecule has 0 aliphatic rings. The third-order valence-corrected chi connectivity index (χ3v) is 2.25. The van der Waals surface area contributed by atoms with E-state index in [4.69, 9.17) is 10.4 Å². The van der Waals surface area contributed by atoms with Crippen LogP contribution in [0.1, 0.15) is 16.2 Å². The molecule has 2 aromatic rings. The second-order valence-electron chi connectivity index (χ2n) is 3.01. The number of hydrogen-bond acceptors (Lipinski definition) is 5. The van der Waals surface area contributed by atoms with Gasteiger partial charge in [-0.2, -0.15) is 5.10 Å². The number of aromatic nitrogens is 3. The third-order valence-electron chi connectivity index (χ3n) is 1.84. The molecule has 0 saturated heterocycles. The molecule has 0 saturated carbocycles. The first-order chi connectivity index (χ1) is 7.69. The van der Waals surface area contributed by atoms with Gasteiger partial charge in [0.05, 0.1) is 10.7 Å². The van der Waals surface area contributed by atoms with Crippen molar-refractivity contribution in [1.29, 1.82) is 0 Å². The van der Waals surface area contributed by atoms with Gasteiger partial charge >= 0.3 is 0 Å². The summed E-state index contributed by atoms with van der Waals surface area (Å²) in [5, 5.41) is 7.61. The molecule has 8 heteroatoms. The summed E-state index contributed by atoms with van der Waals surface area (Å²) in [6.07, 6.45) is 3.44. The monoisotopic (exact) mass is 285 g/mol. The maximum atomic E-state index is 11.1. The number of amides is 1. The Morgan fingerprint density at radius 1 is 1.69 bits per heavy atom. The molecule has 0 unspecified atom stereocenters. The van der Waals surface area contributed by atoms with Crippen LogP contribution in [0.3, 0.4) is 0 Å². The second kappa shape index (κ2) is 4.45. The van der Waals surface area contributed by atoms with Crippen LogP contribution in [-0.2, 0) is 6.54 Å². The van der Waals surface area contributed by atoms with Crippen molar-refractivity contribution < 1.29 is 9.32 Å². The summed E-state index contributed by atoms with van der Waals surface area (Å²) in [5.74, 6) is 5.00. The molecule has 0 aliphatic heterocycles. The Kier molecular flexibility index (Phi) is 3.02. The van der Waals surface area contributed by atoms with Crippen LogP contribution in [0.25, 0.3) is 0 Å². The van der Waals surface area contributed by atoms with Gasteiger partial charge in [-0.3, -0.25) is 14.9 Å². The zero-order valence-corrected chi connectivity index (χ0v) is 9.64. The lowest BCUT2D eigenvalue weighted by Crippen LogP contribution is -2.30. The first kappa shape index (κ1) is 10.8. The highest BCUT2D eigenvalue weighted by Gasteiger charge is 2.11. The van der Waals surface area contributed by atoms with Crippen molar-refractivity contribution >= 4 is 21.8 Å². The summed E-state index contributed by atoms with van der Waals surface area (Å²) in [5.41, 5.74) is 2.11. The van der Waals surface area contributed by atoms with Crippen LogP contribution in [0.2, 0.25) is 0 Å². The van der Waals surface area contributed by atoms with Crippen molar-refractivity contribution in [2.75, 3.05) is 0 Å². The Hall–Kier alpha value is -1.67. The molecule has 7 nitrogen and oxygen atoms in total. The van der Waals surface area contributed by atoms with Crippen molar-refractivity contribution in [3.63, 3.8) is 0 Å². The maximum Gasteiger partial charge on any atom is 0.287 e. The summed E-state index contributed by atoms with van der Waals surface area (Å²) >= 11 is 3.27. The smallest absolute Gasteiger partial charge is 0.287 e. The third kappa shape index (κ3) is 2.28. The fourth-order valence-electron chi connectivity index (χ4n) is 1.15. The average molecular weight is 286 g/mol. The number of nitrogen functional groups attached to an aromatic ring is 1. The van der Waals surface area contributed by atoms with Gasteiger partial charge in [-0.05, 0) is 15.9 Å². The van der Waals surface area contributed by atoms with E-state index in [1.54, 1.807) is 17.1 Å². The van der Waals surface area contributed by atoms with Crippen LogP contribution in [0.15, 0.2) is 27.5 Å². The molecule has 0 atom stereocenters. The zero-order chi connectivity index (χ0) is 11.5. The zero-order valence-electron chi connectivity index (χ0n) is 8.05. The van der Waals surface area contributed by atoms with E-state index in [9.17, 15) is 4.79 Å². The van der Waals surface area contributed by atoms with Crippen LogP contribution in [0.5, 0.6) is 0 Å². The Morgan fingerprint density at radius 2 is 2.50 bits per heavy atom. The van der Waals surface area contributed by atoms with Crippen LogP contribution >= 0.6 is 15.9 Å². The molecule has 16 heavy (non-hydrogen) atoms. The summed E-state index contributed by atoms with van der Waals surface area (Å²) < 4.78 is 7.47. The minimum absolute atomic E-state index is 0.142. The summed E-state index contributed by atoms with van der Waals surface area (Å²) in [4.78, 5) is 11.1. The van der Waals surface area contributed by atoms with Gasteiger partial charge in [-0.25, -0.2) is 5.84 Å². The normalized spacial score (nSPS) is 10.4. The van der Waals surface area contributed by atoms with Gasteiger partial charge in [0, 0.05) is 12.3 Å². The molecule has 2 heterocycles. The first-order valence-corrected chi connectivity index (χ1v) is 5.13. The fourth-order valence-corrected chi connectivity index (χ4v) is 1.48. The minimum Gasteiger partial charge on any atom is -0.359 e. The predicted octanol–water partition coefficient (Wildman–Crippen LogP) is 0.285. The molecule has 0 fully saturated rings. The highest BCUT2D eigenvalue weighted by atomic mass is 79.9. The van der Waals surface area contributed by atoms with Gasteiger partial charge in [0.2, 0.25) is 0 Å². The van der Waals surface area contributed by atoms with Crippen LogP contribution in [0.4, 0.5) is 0 Å². The van der Waals surface area contributed by atoms with Crippen LogP contribution in [0, 0.1) is 0 Å². The van der Waals surface area contributed by atoms with E-state index in [1.165, 1.54) is 6.07 Å². The SMILES string of the molecule is NNC(=O)c1cc(Cn2cc(Br)cn2)on1. The van der Waals surface area contributed by atoms with E-state index >= 15 is 0 Å². The molecule has 1 amide bonds. The summed E-state index contributed by atoms with van der Waals surface area (Å²) in [6.45, 7) is 0.399. The van der Waals surface area contributed by atoms with E-state index < -0.39 is 5.91 Å². The highest BCUT2D eigenvalue weighted by molar-refractivity contribution is 9.10.